The van der Waals surface area contributed by atoms with Gasteiger partial charge in [0.1, 0.15) is 32.7 Å². The first-order chi connectivity index (χ1) is 14.7. The van der Waals surface area contributed by atoms with Crippen molar-refractivity contribution >= 4 is 5.91 Å². The van der Waals surface area contributed by atoms with E-state index in [1.807, 2.05) is 6.07 Å². The smallest absolute Gasteiger partial charge is 0.277 e. The number of benzene rings is 1. The van der Waals surface area contributed by atoms with Crippen LogP contribution in [-0.2, 0) is 11.3 Å². The van der Waals surface area contributed by atoms with Gasteiger partial charge < -0.3 is 24.2 Å². The minimum Gasteiger partial charge on any atom is -0.493 e. The molecule has 2 saturated heterocycles. The molecule has 1 saturated carbocycles. The molecular weight excluding hydrogens is 378 g/mol. The molecule has 1 aromatic rings. The summed E-state index contributed by atoms with van der Waals surface area (Å²) in [7, 11) is 3.35. The lowest BCUT2D eigenvalue weighted by molar-refractivity contribution is -1.02. The number of quaternary nitrogens is 2. The Morgan fingerprint density at radius 3 is 2.40 bits per heavy atom. The highest BCUT2D eigenvalue weighted by molar-refractivity contribution is 5.77. The Kier molecular flexibility index (Phi) is 7.16. The van der Waals surface area contributed by atoms with Crippen LogP contribution in [0.3, 0.4) is 0 Å². The van der Waals surface area contributed by atoms with Crippen molar-refractivity contribution in [2.24, 2.45) is 11.8 Å². The second-order valence-corrected chi connectivity index (χ2v) is 9.48. The van der Waals surface area contributed by atoms with E-state index in [2.05, 4.69) is 17.0 Å². The summed E-state index contributed by atoms with van der Waals surface area (Å²) >= 11 is 0. The van der Waals surface area contributed by atoms with E-state index in [9.17, 15) is 4.79 Å². The number of ether oxygens (including phenoxy) is 2. The number of rotatable bonds is 6. The first kappa shape index (κ1) is 21.4. The van der Waals surface area contributed by atoms with E-state index in [4.69, 9.17) is 9.47 Å². The third-order valence-corrected chi connectivity index (χ3v) is 7.61. The fraction of sp³-hybridized carbons (Fsp3) is 0.708. The first-order valence-electron chi connectivity index (χ1n) is 11.8. The van der Waals surface area contributed by atoms with Gasteiger partial charge in [0, 0.05) is 18.7 Å². The van der Waals surface area contributed by atoms with Crippen molar-refractivity contribution in [2.75, 3.05) is 60.0 Å². The van der Waals surface area contributed by atoms with Crippen LogP contribution in [0.25, 0.3) is 0 Å². The van der Waals surface area contributed by atoms with Crippen molar-refractivity contribution in [1.29, 1.82) is 0 Å². The lowest BCUT2D eigenvalue weighted by atomic mass is 9.75. The summed E-state index contributed by atoms with van der Waals surface area (Å²) in [6.45, 7) is 8.07. The number of hydrogen-bond donors (Lipinski definition) is 2. The number of carbonyl (C=O) groups excluding carboxylic acids is 1. The molecule has 4 rings (SSSR count). The highest BCUT2D eigenvalue weighted by atomic mass is 16.5. The van der Waals surface area contributed by atoms with Crippen LogP contribution in [0.1, 0.15) is 37.7 Å². The average Bonchev–Trinajstić information content (AvgIpc) is 2.80. The monoisotopic (exact) mass is 417 g/mol. The maximum absolute atomic E-state index is 12.9. The standard InChI is InChI=1S/C24H37N3O3/c1-29-22-8-7-19(15-23(22)30-2)16-25-11-13-26(14-12-25)18-24(28)27-10-9-20-5-3-4-6-21(20)17-27/h7-8,15,20-21H,3-6,9-14,16-18H2,1-2H3/p+2/t20-,21-/m1/s1. The molecule has 0 spiro atoms. The van der Waals surface area contributed by atoms with Crippen molar-refractivity contribution in [3.05, 3.63) is 23.8 Å². The minimum atomic E-state index is 0.386. The molecular formula is C24H39N3O3+2. The lowest BCUT2D eigenvalue weighted by Crippen LogP contribution is -3.28. The zero-order valence-corrected chi connectivity index (χ0v) is 18.8. The topological polar surface area (TPSA) is 47.7 Å². The van der Waals surface area contributed by atoms with E-state index in [-0.39, 0.29) is 0 Å². The van der Waals surface area contributed by atoms with E-state index in [1.54, 1.807) is 19.1 Å². The zero-order valence-electron chi connectivity index (χ0n) is 18.8. The third kappa shape index (κ3) is 5.09. The van der Waals surface area contributed by atoms with Crippen LogP contribution in [0.2, 0.25) is 0 Å². The molecule has 0 bridgehead atoms. The molecule has 30 heavy (non-hydrogen) atoms. The number of amides is 1. The van der Waals surface area contributed by atoms with Gasteiger partial charge in [-0.3, -0.25) is 4.79 Å². The Bertz CT molecular complexity index is 718. The van der Waals surface area contributed by atoms with Gasteiger partial charge in [0.25, 0.3) is 5.91 Å². The summed E-state index contributed by atoms with van der Waals surface area (Å²) < 4.78 is 10.8. The summed E-state index contributed by atoms with van der Waals surface area (Å²) in [6, 6.07) is 6.21. The Hall–Kier alpha value is -1.79. The van der Waals surface area contributed by atoms with Gasteiger partial charge in [0.15, 0.2) is 18.0 Å². The Labute approximate surface area is 181 Å². The fourth-order valence-corrected chi connectivity index (χ4v) is 5.74. The van der Waals surface area contributed by atoms with Crippen molar-refractivity contribution in [1.82, 2.24) is 4.90 Å². The van der Waals surface area contributed by atoms with E-state index < -0.39 is 0 Å². The molecule has 2 heterocycles. The van der Waals surface area contributed by atoms with Crippen molar-refractivity contribution in [3.8, 4) is 11.5 Å². The van der Waals surface area contributed by atoms with Gasteiger partial charge in [0.2, 0.25) is 0 Å². The summed E-state index contributed by atoms with van der Waals surface area (Å²) in [5.74, 6) is 3.62. The Morgan fingerprint density at radius 2 is 1.67 bits per heavy atom. The lowest BCUT2D eigenvalue weighted by Gasteiger charge is -2.41. The number of methoxy groups -OCH3 is 2. The number of piperidine rings is 1. The predicted octanol–water partition coefficient (Wildman–Crippen LogP) is 0.0259. The fourth-order valence-electron chi connectivity index (χ4n) is 5.74. The molecule has 1 aliphatic carbocycles. The molecule has 1 aromatic carbocycles. The van der Waals surface area contributed by atoms with Gasteiger partial charge >= 0.3 is 0 Å². The van der Waals surface area contributed by atoms with Crippen LogP contribution >= 0.6 is 0 Å². The van der Waals surface area contributed by atoms with Gasteiger partial charge in [-0.15, -0.1) is 0 Å². The number of nitrogens with one attached hydrogen (secondary N) is 2. The summed E-state index contributed by atoms with van der Waals surface area (Å²) in [5, 5.41) is 0. The highest BCUT2D eigenvalue weighted by Gasteiger charge is 2.34. The van der Waals surface area contributed by atoms with Crippen molar-refractivity contribution < 1.29 is 24.1 Å². The molecule has 2 aliphatic heterocycles. The zero-order chi connectivity index (χ0) is 20.9. The molecule has 0 unspecified atom stereocenters. The van der Waals surface area contributed by atoms with Crippen LogP contribution in [0, 0.1) is 11.8 Å². The number of likely N-dealkylation sites (tertiary alicyclic amines) is 1. The summed E-state index contributed by atoms with van der Waals surface area (Å²) in [6.07, 6.45) is 6.71. The average molecular weight is 418 g/mol. The van der Waals surface area contributed by atoms with Crippen LogP contribution in [-0.4, -0.2) is 70.8 Å². The molecule has 0 radical (unpaired) electrons. The molecule has 3 aliphatic rings. The number of carbonyl (C=O) groups is 1. The number of piperazine rings is 1. The van der Waals surface area contributed by atoms with Gasteiger partial charge in [-0.25, -0.2) is 0 Å². The van der Waals surface area contributed by atoms with Crippen molar-refractivity contribution in [3.63, 3.8) is 0 Å². The highest BCUT2D eigenvalue weighted by Crippen LogP contribution is 2.35. The normalized spacial score (nSPS) is 29.2. The number of hydrogen-bond acceptors (Lipinski definition) is 3. The van der Waals surface area contributed by atoms with Gasteiger partial charge in [-0.05, 0) is 42.9 Å². The number of fused-ring (bicyclic) bond motifs is 1. The predicted molar refractivity (Wildman–Crippen MR) is 116 cm³/mol. The molecule has 6 heteroatoms. The maximum Gasteiger partial charge on any atom is 0.277 e. The van der Waals surface area contributed by atoms with E-state index in [0.717, 1.165) is 69.1 Å². The van der Waals surface area contributed by atoms with E-state index in [0.29, 0.717) is 12.5 Å². The minimum absolute atomic E-state index is 0.386. The molecule has 3 fully saturated rings. The van der Waals surface area contributed by atoms with Crippen LogP contribution in [0.4, 0.5) is 0 Å². The largest absolute Gasteiger partial charge is 0.493 e. The van der Waals surface area contributed by atoms with E-state index in [1.165, 1.54) is 42.6 Å². The Balaban J connectivity index is 1.22. The molecule has 6 nitrogen and oxygen atoms in total. The molecule has 2 N–H and O–H groups in total. The van der Waals surface area contributed by atoms with Gasteiger partial charge in [-0.1, -0.05) is 19.3 Å². The van der Waals surface area contributed by atoms with E-state index >= 15 is 0 Å². The SMILES string of the molecule is COc1ccc(C[NH+]2CC[NH+](CC(=O)N3CC[C@H]4CCCC[C@@H]4C3)CC2)cc1OC. The second kappa shape index (κ2) is 10.0. The molecule has 0 aromatic heterocycles. The quantitative estimate of drug-likeness (QED) is 0.687. The molecule has 166 valence electrons. The first-order valence-corrected chi connectivity index (χ1v) is 11.8. The van der Waals surface area contributed by atoms with Gasteiger partial charge in [-0.2, -0.15) is 0 Å². The molecule has 2 atom stereocenters. The maximum atomic E-state index is 12.9. The summed E-state index contributed by atoms with van der Waals surface area (Å²) in [4.78, 5) is 18.1. The van der Waals surface area contributed by atoms with Crippen LogP contribution in [0.15, 0.2) is 18.2 Å². The van der Waals surface area contributed by atoms with Crippen LogP contribution in [0.5, 0.6) is 11.5 Å². The number of nitrogens with zero attached hydrogens (tertiary/aromatic N) is 1. The second-order valence-electron chi connectivity index (χ2n) is 9.48. The van der Waals surface area contributed by atoms with Crippen LogP contribution < -0.4 is 19.3 Å². The Morgan fingerprint density at radius 1 is 0.967 bits per heavy atom. The molecule has 1 amide bonds. The van der Waals surface area contributed by atoms with Crippen molar-refractivity contribution in [2.45, 2.75) is 38.6 Å². The summed E-state index contributed by atoms with van der Waals surface area (Å²) in [5.41, 5.74) is 1.28. The third-order valence-electron chi connectivity index (χ3n) is 7.61. The van der Waals surface area contributed by atoms with Gasteiger partial charge in [0.05, 0.1) is 14.2 Å².